The molecule has 0 aromatic rings. The minimum atomic E-state index is 0.115. The highest BCUT2D eigenvalue weighted by atomic mass is 16.6. The van der Waals surface area contributed by atoms with Crippen LogP contribution < -0.4 is 0 Å². The third-order valence-electron chi connectivity index (χ3n) is 3.99. The second-order valence-electron chi connectivity index (χ2n) is 5.14. The smallest absolute Gasteiger partial charge is 0.0973 e. The predicted octanol–water partition coefficient (Wildman–Crippen LogP) is 1.85. The van der Waals surface area contributed by atoms with Crippen LogP contribution in [0.2, 0.25) is 0 Å². The molecule has 15 heavy (non-hydrogen) atoms. The van der Waals surface area contributed by atoms with Gasteiger partial charge in [-0.3, -0.25) is 0 Å². The summed E-state index contributed by atoms with van der Waals surface area (Å²) in [5.74, 6) is 1.05. The fourth-order valence-electron chi connectivity index (χ4n) is 3.21. The molecule has 0 bridgehead atoms. The molecule has 0 aromatic heterocycles. The molecule has 3 nitrogen and oxygen atoms in total. The van der Waals surface area contributed by atoms with Crippen LogP contribution in [0.4, 0.5) is 0 Å². The SMILES string of the molecule is COC1CC[C@]2(CO2)C(C(C)C)C1OC. The Bertz CT molecular complexity index is 223. The van der Waals surface area contributed by atoms with Gasteiger partial charge in [-0.1, -0.05) is 13.8 Å². The van der Waals surface area contributed by atoms with Gasteiger partial charge in [-0.25, -0.2) is 0 Å². The Labute approximate surface area is 92.1 Å². The van der Waals surface area contributed by atoms with Crippen LogP contribution in [-0.2, 0) is 14.2 Å². The number of hydrogen-bond acceptors (Lipinski definition) is 3. The molecule has 4 atom stereocenters. The van der Waals surface area contributed by atoms with Crippen LogP contribution in [0.5, 0.6) is 0 Å². The minimum Gasteiger partial charge on any atom is -0.379 e. The maximum absolute atomic E-state index is 5.70. The lowest BCUT2D eigenvalue weighted by Gasteiger charge is -2.42. The van der Waals surface area contributed by atoms with E-state index in [4.69, 9.17) is 14.2 Å². The average molecular weight is 214 g/mol. The molecular formula is C12H22O3. The van der Waals surface area contributed by atoms with E-state index in [2.05, 4.69) is 13.8 Å². The first-order chi connectivity index (χ1) is 7.14. The summed E-state index contributed by atoms with van der Waals surface area (Å²) in [5.41, 5.74) is 0.115. The van der Waals surface area contributed by atoms with E-state index in [0.29, 0.717) is 11.8 Å². The number of ether oxygens (including phenoxy) is 3. The Morgan fingerprint density at radius 3 is 2.33 bits per heavy atom. The Balaban J connectivity index is 2.17. The first-order valence-corrected chi connectivity index (χ1v) is 5.84. The van der Waals surface area contributed by atoms with Crippen molar-refractivity contribution in [1.29, 1.82) is 0 Å². The molecule has 1 saturated heterocycles. The minimum absolute atomic E-state index is 0.115. The van der Waals surface area contributed by atoms with Crippen LogP contribution >= 0.6 is 0 Å². The summed E-state index contributed by atoms with van der Waals surface area (Å²) in [4.78, 5) is 0. The molecule has 2 fully saturated rings. The van der Waals surface area contributed by atoms with Gasteiger partial charge in [0.25, 0.3) is 0 Å². The summed E-state index contributed by atoms with van der Waals surface area (Å²) < 4.78 is 16.9. The second kappa shape index (κ2) is 4.04. The monoisotopic (exact) mass is 214 g/mol. The van der Waals surface area contributed by atoms with Crippen molar-refractivity contribution in [3.8, 4) is 0 Å². The van der Waals surface area contributed by atoms with Gasteiger partial charge in [0, 0.05) is 20.1 Å². The van der Waals surface area contributed by atoms with Crippen LogP contribution in [0.1, 0.15) is 26.7 Å². The molecule has 0 N–H and O–H groups in total. The maximum Gasteiger partial charge on any atom is 0.0973 e. The number of rotatable bonds is 3. The van der Waals surface area contributed by atoms with Gasteiger partial charge in [0.15, 0.2) is 0 Å². The Hall–Kier alpha value is -0.120. The molecule has 88 valence electrons. The standard InChI is InChI=1S/C12H22O3/c1-8(2)10-11(14-4)9(13-3)5-6-12(10)7-15-12/h8-11H,5-7H2,1-4H3/t9?,10?,11?,12-/m0/s1. The molecule has 0 amide bonds. The fraction of sp³-hybridized carbons (Fsp3) is 1.00. The van der Waals surface area contributed by atoms with E-state index in [1.807, 2.05) is 0 Å². The van der Waals surface area contributed by atoms with Gasteiger partial charge in [-0.2, -0.15) is 0 Å². The van der Waals surface area contributed by atoms with Gasteiger partial charge in [-0.05, 0) is 18.8 Å². The highest BCUT2D eigenvalue weighted by Crippen LogP contribution is 2.50. The van der Waals surface area contributed by atoms with Crippen molar-refractivity contribution in [3.05, 3.63) is 0 Å². The number of epoxide rings is 1. The second-order valence-corrected chi connectivity index (χ2v) is 5.14. The van der Waals surface area contributed by atoms with Crippen molar-refractivity contribution in [2.75, 3.05) is 20.8 Å². The van der Waals surface area contributed by atoms with Crippen LogP contribution in [-0.4, -0.2) is 38.6 Å². The predicted molar refractivity (Wildman–Crippen MR) is 57.8 cm³/mol. The van der Waals surface area contributed by atoms with Crippen LogP contribution in [0, 0.1) is 11.8 Å². The van der Waals surface area contributed by atoms with Crippen molar-refractivity contribution >= 4 is 0 Å². The molecule has 1 aliphatic carbocycles. The summed E-state index contributed by atoms with van der Waals surface area (Å²) in [6, 6.07) is 0. The van der Waals surface area contributed by atoms with Crippen LogP contribution in [0.3, 0.4) is 0 Å². The van der Waals surface area contributed by atoms with Gasteiger partial charge in [0.1, 0.15) is 0 Å². The highest BCUT2D eigenvalue weighted by molar-refractivity contribution is 5.07. The fourth-order valence-corrected chi connectivity index (χ4v) is 3.21. The van der Waals surface area contributed by atoms with Crippen LogP contribution in [0.15, 0.2) is 0 Å². The van der Waals surface area contributed by atoms with Crippen molar-refractivity contribution in [1.82, 2.24) is 0 Å². The van der Waals surface area contributed by atoms with Crippen molar-refractivity contribution < 1.29 is 14.2 Å². The Morgan fingerprint density at radius 1 is 1.27 bits per heavy atom. The average Bonchev–Trinajstić information content (AvgIpc) is 2.97. The zero-order valence-corrected chi connectivity index (χ0v) is 10.2. The van der Waals surface area contributed by atoms with Gasteiger partial charge in [0.05, 0.1) is 24.4 Å². The van der Waals surface area contributed by atoms with Gasteiger partial charge >= 0.3 is 0 Å². The molecule has 1 heterocycles. The molecule has 3 heteroatoms. The lowest BCUT2D eigenvalue weighted by molar-refractivity contribution is -0.122. The van der Waals surface area contributed by atoms with Crippen molar-refractivity contribution in [3.63, 3.8) is 0 Å². The largest absolute Gasteiger partial charge is 0.379 e. The first kappa shape index (κ1) is 11.4. The third-order valence-corrected chi connectivity index (χ3v) is 3.99. The van der Waals surface area contributed by atoms with Gasteiger partial charge in [-0.15, -0.1) is 0 Å². The van der Waals surface area contributed by atoms with Gasteiger partial charge in [0.2, 0.25) is 0 Å². The first-order valence-electron chi connectivity index (χ1n) is 5.84. The Morgan fingerprint density at radius 2 is 1.93 bits per heavy atom. The van der Waals surface area contributed by atoms with E-state index in [1.165, 1.54) is 0 Å². The number of hydrogen-bond donors (Lipinski definition) is 0. The molecule has 0 radical (unpaired) electrons. The van der Waals surface area contributed by atoms with E-state index in [9.17, 15) is 0 Å². The molecule has 1 spiro atoms. The molecule has 2 aliphatic rings. The summed E-state index contributed by atoms with van der Waals surface area (Å²) >= 11 is 0. The maximum atomic E-state index is 5.70. The Kier molecular flexibility index (Phi) is 3.06. The van der Waals surface area contributed by atoms with E-state index in [-0.39, 0.29) is 17.8 Å². The van der Waals surface area contributed by atoms with E-state index in [1.54, 1.807) is 14.2 Å². The zero-order valence-electron chi connectivity index (χ0n) is 10.2. The van der Waals surface area contributed by atoms with Crippen molar-refractivity contribution in [2.45, 2.75) is 44.5 Å². The molecular weight excluding hydrogens is 192 g/mol. The van der Waals surface area contributed by atoms with E-state index in [0.717, 1.165) is 19.4 Å². The summed E-state index contributed by atoms with van der Waals surface area (Å²) in [6.45, 7) is 5.41. The summed E-state index contributed by atoms with van der Waals surface area (Å²) in [5, 5.41) is 0. The third kappa shape index (κ3) is 1.81. The van der Waals surface area contributed by atoms with E-state index >= 15 is 0 Å². The van der Waals surface area contributed by atoms with Crippen molar-refractivity contribution in [2.24, 2.45) is 11.8 Å². The normalized spacial score (nSPS) is 45.0. The van der Waals surface area contributed by atoms with Crippen LogP contribution in [0.25, 0.3) is 0 Å². The summed E-state index contributed by atoms with van der Waals surface area (Å²) in [6.07, 6.45) is 2.59. The number of methoxy groups -OCH3 is 2. The quantitative estimate of drug-likeness (QED) is 0.672. The topological polar surface area (TPSA) is 31.0 Å². The molecule has 1 saturated carbocycles. The molecule has 1 aliphatic heterocycles. The molecule has 0 aromatic carbocycles. The zero-order chi connectivity index (χ0) is 11.1. The highest BCUT2D eigenvalue weighted by Gasteiger charge is 2.59. The molecule has 3 unspecified atom stereocenters. The summed E-state index contributed by atoms with van der Waals surface area (Å²) in [7, 11) is 3.56. The lowest BCUT2D eigenvalue weighted by atomic mass is 9.70. The molecule has 2 rings (SSSR count). The van der Waals surface area contributed by atoms with E-state index < -0.39 is 0 Å². The van der Waals surface area contributed by atoms with Gasteiger partial charge < -0.3 is 14.2 Å². The lowest BCUT2D eigenvalue weighted by Crippen LogP contribution is -2.51.